The maximum Gasteiger partial charge on any atom is 0.311 e. The normalized spacial score (nSPS) is 21.9. The first kappa shape index (κ1) is 34.9. The number of likely N-dealkylation sites (N-methyl/N-ethyl adjacent to an activating group) is 1. The molecule has 2 N–H and O–H groups in total. The lowest BCUT2D eigenvalue weighted by molar-refractivity contribution is -0.148. The summed E-state index contributed by atoms with van der Waals surface area (Å²) in [6.07, 6.45) is 5.49. The van der Waals surface area contributed by atoms with E-state index in [0.29, 0.717) is 38.5 Å². The Morgan fingerprint density at radius 1 is 0.980 bits per heavy atom. The lowest BCUT2D eigenvalue weighted by atomic mass is 9.78. The smallest absolute Gasteiger partial charge is 0.311 e. The number of ether oxygens (including phenoxy) is 1. The molecule has 49 heavy (non-hydrogen) atoms. The van der Waals surface area contributed by atoms with Crippen LogP contribution in [-0.4, -0.2) is 105 Å². The SMILES string of the molecule is COc1ccc2c(c1)C(C)C(C)(NC(=O)C(=O)N1CCN(C)CC1)Cn1c-2c(C2CCCCC2)c2ccc(C(=O)NS(=O)(=O)N(C)C)cc21. The summed E-state index contributed by atoms with van der Waals surface area (Å²) in [7, 11) is 2.34. The molecule has 2 atom stereocenters. The molecule has 1 aliphatic carbocycles. The molecule has 13 heteroatoms. The molecule has 3 heterocycles. The molecule has 1 aromatic heterocycles. The summed E-state index contributed by atoms with van der Waals surface area (Å²) in [4.78, 5) is 44.4. The third-order valence-electron chi connectivity index (χ3n) is 10.9. The first-order chi connectivity index (χ1) is 23.2. The van der Waals surface area contributed by atoms with Gasteiger partial charge in [0, 0.05) is 74.8 Å². The maximum absolute atomic E-state index is 13.8. The molecule has 1 saturated carbocycles. The molecule has 3 aromatic rings. The minimum absolute atomic E-state index is 0.205. The summed E-state index contributed by atoms with van der Waals surface area (Å²) in [6.45, 7) is 6.73. The van der Waals surface area contributed by atoms with E-state index < -0.39 is 33.5 Å². The van der Waals surface area contributed by atoms with E-state index in [9.17, 15) is 22.8 Å². The number of rotatable bonds is 6. The van der Waals surface area contributed by atoms with E-state index in [1.807, 2.05) is 32.2 Å². The number of benzene rings is 2. The van der Waals surface area contributed by atoms with Crippen molar-refractivity contribution in [1.82, 2.24) is 28.7 Å². The molecule has 0 radical (unpaired) electrons. The lowest BCUT2D eigenvalue weighted by Crippen LogP contribution is -2.58. The van der Waals surface area contributed by atoms with Crippen LogP contribution in [0.3, 0.4) is 0 Å². The van der Waals surface area contributed by atoms with Crippen LogP contribution in [0.1, 0.15) is 79.3 Å². The number of nitrogens with zero attached hydrogens (tertiary/aromatic N) is 4. The van der Waals surface area contributed by atoms with E-state index in [1.165, 1.54) is 26.1 Å². The highest BCUT2D eigenvalue weighted by atomic mass is 32.2. The first-order valence-electron chi connectivity index (χ1n) is 17.1. The topological polar surface area (TPSA) is 133 Å². The van der Waals surface area contributed by atoms with Gasteiger partial charge in [-0.25, -0.2) is 4.72 Å². The van der Waals surface area contributed by atoms with Gasteiger partial charge in [0.2, 0.25) is 0 Å². The van der Waals surface area contributed by atoms with Crippen molar-refractivity contribution >= 4 is 38.8 Å². The average molecular weight is 693 g/mol. The van der Waals surface area contributed by atoms with Gasteiger partial charge in [0.15, 0.2) is 0 Å². The zero-order valence-corrected chi connectivity index (χ0v) is 30.2. The number of methoxy groups -OCH3 is 1. The fourth-order valence-corrected chi connectivity index (χ4v) is 8.24. The van der Waals surface area contributed by atoms with Crippen LogP contribution in [-0.2, 0) is 26.3 Å². The van der Waals surface area contributed by atoms with E-state index in [4.69, 9.17) is 4.74 Å². The van der Waals surface area contributed by atoms with Crippen molar-refractivity contribution in [1.29, 1.82) is 0 Å². The summed E-state index contributed by atoms with van der Waals surface area (Å²) >= 11 is 0. The fraction of sp³-hybridized carbons (Fsp3) is 0.528. The molecule has 2 unspecified atom stereocenters. The van der Waals surface area contributed by atoms with Crippen LogP contribution in [0.25, 0.3) is 22.2 Å². The number of amides is 3. The van der Waals surface area contributed by atoms with Crippen LogP contribution in [0.5, 0.6) is 5.75 Å². The highest BCUT2D eigenvalue weighted by Crippen LogP contribution is 2.50. The van der Waals surface area contributed by atoms with Gasteiger partial charge in [-0.2, -0.15) is 12.7 Å². The maximum atomic E-state index is 13.8. The second-order valence-electron chi connectivity index (χ2n) is 14.3. The fourth-order valence-electron chi connectivity index (χ4n) is 7.71. The number of hydrogen-bond acceptors (Lipinski definition) is 7. The largest absolute Gasteiger partial charge is 0.497 e. The Kier molecular flexibility index (Phi) is 9.55. The van der Waals surface area contributed by atoms with Gasteiger partial charge < -0.3 is 24.4 Å². The molecule has 264 valence electrons. The summed E-state index contributed by atoms with van der Waals surface area (Å²) in [5.41, 5.74) is 4.26. The molecular weight excluding hydrogens is 644 g/mol. The number of nitrogens with one attached hydrogen (secondary N) is 2. The van der Waals surface area contributed by atoms with E-state index in [1.54, 1.807) is 24.1 Å². The van der Waals surface area contributed by atoms with Crippen molar-refractivity contribution in [3.8, 4) is 17.0 Å². The quantitative estimate of drug-likeness (QED) is 0.377. The van der Waals surface area contributed by atoms with Gasteiger partial charge in [0.25, 0.3) is 5.91 Å². The van der Waals surface area contributed by atoms with Gasteiger partial charge >= 0.3 is 22.0 Å². The van der Waals surface area contributed by atoms with Gasteiger partial charge in [0.1, 0.15) is 5.75 Å². The minimum atomic E-state index is -4.01. The lowest BCUT2D eigenvalue weighted by Gasteiger charge is -2.38. The van der Waals surface area contributed by atoms with Crippen molar-refractivity contribution < 1.29 is 27.5 Å². The Bertz CT molecular complexity index is 1890. The zero-order valence-electron chi connectivity index (χ0n) is 29.3. The summed E-state index contributed by atoms with van der Waals surface area (Å²) in [5, 5.41) is 4.17. The van der Waals surface area contributed by atoms with E-state index in [-0.39, 0.29) is 17.4 Å². The first-order valence-corrected chi connectivity index (χ1v) is 18.6. The van der Waals surface area contributed by atoms with Gasteiger partial charge in [-0.05, 0) is 74.2 Å². The summed E-state index contributed by atoms with van der Waals surface area (Å²) in [6, 6.07) is 11.4. The molecule has 1 saturated heterocycles. The third-order valence-corrected chi connectivity index (χ3v) is 12.3. The van der Waals surface area contributed by atoms with E-state index >= 15 is 0 Å². The van der Waals surface area contributed by atoms with Crippen LogP contribution < -0.4 is 14.8 Å². The van der Waals surface area contributed by atoms with E-state index in [0.717, 1.165) is 57.7 Å². The monoisotopic (exact) mass is 692 g/mol. The third kappa shape index (κ3) is 6.55. The van der Waals surface area contributed by atoms with Crippen molar-refractivity contribution in [3.05, 3.63) is 53.1 Å². The summed E-state index contributed by atoms with van der Waals surface area (Å²) in [5.74, 6) is -1.19. The molecule has 2 aliphatic heterocycles. The number of piperazine rings is 1. The predicted molar refractivity (Wildman–Crippen MR) is 189 cm³/mol. The van der Waals surface area contributed by atoms with Gasteiger partial charge in [-0.15, -0.1) is 0 Å². The Morgan fingerprint density at radius 2 is 1.67 bits per heavy atom. The Labute approximate surface area is 288 Å². The second-order valence-corrected chi connectivity index (χ2v) is 16.2. The second kappa shape index (κ2) is 13.4. The summed E-state index contributed by atoms with van der Waals surface area (Å²) < 4.78 is 36.1. The number of aromatic nitrogens is 1. The molecule has 0 bridgehead atoms. The van der Waals surface area contributed by atoms with Crippen LogP contribution in [0.2, 0.25) is 0 Å². The minimum Gasteiger partial charge on any atom is -0.497 e. The van der Waals surface area contributed by atoms with Crippen LogP contribution in [0, 0.1) is 0 Å². The van der Waals surface area contributed by atoms with Crippen LogP contribution in [0.4, 0.5) is 0 Å². The Hall–Kier alpha value is -3.94. The highest BCUT2D eigenvalue weighted by molar-refractivity contribution is 7.87. The molecule has 0 spiro atoms. The van der Waals surface area contributed by atoms with E-state index in [2.05, 4.69) is 32.5 Å². The van der Waals surface area contributed by atoms with Crippen LogP contribution in [0.15, 0.2) is 36.4 Å². The molecule has 2 fully saturated rings. The predicted octanol–water partition coefficient (Wildman–Crippen LogP) is 3.67. The zero-order chi connectivity index (χ0) is 35.2. The van der Waals surface area contributed by atoms with Gasteiger partial charge in [0.05, 0.1) is 18.3 Å². The number of carbonyl (C=O) groups is 3. The standard InChI is InChI=1S/C36H48N6O6S/c1-23-29-21-26(48-6)13-15-27(29)32-31(24-10-8-7-9-11-24)28-14-12-25(33(43)38-49(46,47)39(3)4)20-30(28)42(32)22-36(23,2)37-34(44)35(45)41-18-16-40(5)17-19-41/h12-15,20-21,23-24H,7-11,16-19,22H2,1-6H3,(H,37,44)(H,38,43). The molecule has 2 aromatic carbocycles. The van der Waals surface area contributed by atoms with Crippen molar-refractivity contribution in [2.75, 3.05) is 54.4 Å². The average Bonchev–Trinajstić information content (AvgIpc) is 3.35. The molecule has 12 nitrogen and oxygen atoms in total. The molecule has 6 rings (SSSR count). The molecule has 3 amide bonds. The van der Waals surface area contributed by atoms with Crippen molar-refractivity contribution in [2.45, 2.75) is 69.9 Å². The molecular formula is C36H48N6O6S. The highest BCUT2D eigenvalue weighted by Gasteiger charge is 2.43. The van der Waals surface area contributed by atoms with Gasteiger partial charge in [-0.3, -0.25) is 14.4 Å². The number of carbonyl (C=O) groups excluding carboxylic acids is 3. The number of fused-ring (bicyclic) bond motifs is 5. The Balaban J connectivity index is 1.52. The molecule has 3 aliphatic rings. The van der Waals surface area contributed by atoms with Crippen molar-refractivity contribution in [3.63, 3.8) is 0 Å². The van der Waals surface area contributed by atoms with Gasteiger partial charge in [-0.1, -0.05) is 32.3 Å². The van der Waals surface area contributed by atoms with Crippen LogP contribution >= 0.6 is 0 Å². The number of hydrogen-bond donors (Lipinski definition) is 2. The Morgan fingerprint density at radius 3 is 2.33 bits per heavy atom. The van der Waals surface area contributed by atoms with Crippen molar-refractivity contribution in [2.24, 2.45) is 0 Å².